The molecule has 0 aliphatic heterocycles. The Morgan fingerprint density at radius 2 is 1.82 bits per heavy atom. The standard InChI is InChI=1S/C14H27NO2/c1-11(2)13(10-16)15-14(17)9-12-7-5-3-4-6-8-12/h11-13,16H,3-10H2,1-2H3,(H,15,17)/t13-/m1/s1. The zero-order valence-electron chi connectivity index (χ0n) is 11.2. The normalized spacial score (nSPS) is 20.0. The summed E-state index contributed by atoms with van der Waals surface area (Å²) in [6.45, 7) is 4.08. The molecule has 1 aliphatic carbocycles. The van der Waals surface area contributed by atoms with Gasteiger partial charge in [-0.15, -0.1) is 0 Å². The summed E-state index contributed by atoms with van der Waals surface area (Å²) in [7, 11) is 0. The van der Waals surface area contributed by atoms with Crippen molar-refractivity contribution in [2.45, 2.75) is 64.8 Å². The molecule has 100 valence electrons. The summed E-state index contributed by atoms with van der Waals surface area (Å²) < 4.78 is 0. The summed E-state index contributed by atoms with van der Waals surface area (Å²) in [6, 6.07) is -0.0896. The van der Waals surface area contributed by atoms with E-state index in [4.69, 9.17) is 0 Å². The number of aliphatic hydroxyl groups excluding tert-OH is 1. The lowest BCUT2D eigenvalue weighted by Crippen LogP contribution is -2.41. The Kier molecular flexibility index (Phi) is 6.56. The second-order valence-electron chi connectivity index (χ2n) is 5.66. The second-order valence-corrected chi connectivity index (χ2v) is 5.66. The van der Waals surface area contributed by atoms with Crippen LogP contribution < -0.4 is 5.32 Å². The zero-order valence-corrected chi connectivity index (χ0v) is 11.2. The molecule has 0 aromatic heterocycles. The van der Waals surface area contributed by atoms with E-state index in [1.54, 1.807) is 0 Å². The van der Waals surface area contributed by atoms with Gasteiger partial charge in [0.15, 0.2) is 0 Å². The van der Waals surface area contributed by atoms with Gasteiger partial charge < -0.3 is 10.4 Å². The van der Waals surface area contributed by atoms with Crippen LogP contribution in [0.2, 0.25) is 0 Å². The molecule has 0 saturated heterocycles. The first-order valence-corrected chi connectivity index (χ1v) is 7.03. The fourth-order valence-electron chi connectivity index (χ4n) is 2.52. The molecule has 17 heavy (non-hydrogen) atoms. The molecule has 0 heterocycles. The number of carbonyl (C=O) groups is 1. The van der Waals surface area contributed by atoms with Crippen molar-refractivity contribution in [1.82, 2.24) is 5.32 Å². The minimum atomic E-state index is -0.0896. The highest BCUT2D eigenvalue weighted by molar-refractivity contribution is 5.76. The molecular formula is C14H27NO2. The van der Waals surface area contributed by atoms with Crippen molar-refractivity contribution in [3.63, 3.8) is 0 Å². The molecular weight excluding hydrogens is 214 g/mol. The van der Waals surface area contributed by atoms with Crippen molar-refractivity contribution in [3.8, 4) is 0 Å². The Morgan fingerprint density at radius 3 is 2.29 bits per heavy atom. The number of carbonyl (C=O) groups excluding carboxylic acids is 1. The number of nitrogens with one attached hydrogen (secondary N) is 1. The van der Waals surface area contributed by atoms with Gasteiger partial charge in [-0.3, -0.25) is 4.79 Å². The van der Waals surface area contributed by atoms with Crippen molar-refractivity contribution in [2.24, 2.45) is 11.8 Å². The number of amides is 1. The maximum absolute atomic E-state index is 11.9. The van der Waals surface area contributed by atoms with E-state index in [1.165, 1.54) is 38.5 Å². The van der Waals surface area contributed by atoms with Gasteiger partial charge in [0.25, 0.3) is 0 Å². The zero-order chi connectivity index (χ0) is 12.7. The topological polar surface area (TPSA) is 49.3 Å². The fraction of sp³-hybridized carbons (Fsp3) is 0.929. The molecule has 0 radical (unpaired) electrons. The smallest absolute Gasteiger partial charge is 0.220 e. The summed E-state index contributed by atoms with van der Waals surface area (Å²) in [4.78, 5) is 11.9. The van der Waals surface area contributed by atoms with Crippen molar-refractivity contribution in [2.75, 3.05) is 6.61 Å². The molecule has 1 atom stereocenters. The molecule has 0 unspecified atom stereocenters. The van der Waals surface area contributed by atoms with Gasteiger partial charge >= 0.3 is 0 Å². The molecule has 0 aromatic rings. The Bertz CT molecular complexity index is 220. The first kappa shape index (κ1) is 14.5. The minimum absolute atomic E-state index is 0.0358. The first-order chi connectivity index (χ1) is 8.13. The molecule has 1 fully saturated rings. The fourth-order valence-corrected chi connectivity index (χ4v) is 2.52. The van der Waals surface area contributed by atoms with Crippen LogP contribution in [-0.4, -0.2) is 23.7 Å². The van der Waals surface area contributed by atoms with Gasteiger partial charge in [-0.05, 0) is 24.7 Å². The Balaban J connectivity index is 2.32. The van der Waals surface area contributed by atoms with Crippen LogP contribution in [0.3, 0.4) is 0 Å². The summed E-state index contributed by atoms with van der Waals surface area (Å²) in [5.41, 5.74) is 0. The van der Waals surface area contributed by atoms with Crippen LogP contribution in [0.15, 0.2) is 0 Å². The highest BCUT2D eigenvalue weighted by atomic mass is 16.3. The van der Waals surface area contributed by atoms with Gasteiger partial charge in [-0.2, -0.15) is 0 Å². The average Bonchev–Trinajstić information content (AvgIpc) is 2.54. The van der Waals surface area contributed by atoms with E-state index in [2.05, 4.69) is 5.32 Å². The summed E-state index contributed by atoms with van der Waals surface area (Å²) >= 11 is 0. The highest BCUT2D eigenvalue weighted by Gasteiger charge is 2.19. The Labute approximate surface area is 105 Å². The van der Waals surface area contributed by atoms with E-state index in [-0.39, 0.29) is 24.5 Å². The van der Waals surface area contributed by atoms with Crippen molar-refractivity contribution in [1.29, 1.82) is 0 Å². The van der Waals surface area contributed by atoms with E-state index in [0.29, 0.717) is 12.3 Å². The first-order valence-electron chi connectivity index (χ1n) is 7.03. The molecule has 1 rings (SSSR count). The van der Waals surface area contributed by atoms with Gasteiger partial charge in [-0.25, -0.2) is 0 Å². The lowest BCUT2D eigenvalue weighted by molar-refractivity contribution is -0.123. The van der Waals surface area contributed by atoms with Gasteiger partial charge in [0.1, 0.15) is 0 Å². The summed E-state index contributed by atoms with van der Waals surface area (Å²) in [5, 5.41) is 12.1. The van der Waals surface area contributed by atoms with Gasteiger partial charge in [0.2, 0.25) is 5.91 Å². The van der Waals surface area contributed by atoms with Crippen LogP contribution in [0.4, 0.5) is 0 Å². The van der Waals surface area contributed by atoms with E-state index >= 15 is 0 Å². The van der Waals surface area contributed by atoms with Crippen LogP contribution in [0, 0.1) is 11.8 Å². The number of rotatable bonds is 5. The predicted molar refractivity (Wildman–Crippen MR) is 69.7 cm³/mol. The molecule has 0 aromatic carbocycles. The number of hydrogen-bond donors (Lipinski definition) is 2. The lowest BCUT2D eigenvalue weighted by Gasteiger charge is -2.21. The molecule has 2 N–H and O–H groups in total. The van der Waals surface area contributed by atoms with E-state index in [0.717, 1.165) is 0 Å². The molecule has 3 heteroatoms. The molecule has 1 amide bonds. The molecule has 0 bridgehead atoms. The van der Waals surface area contributed by atoms with Gasteiger partial charge in [0, 0.05) is 6.42 Å². The monoisotopic (exact) mass is 241 g/mol. The van der Waals surface area contributed by atoms with Crippen LogP contribution in [0.5, 0.6) is 0 Å². The molecule has 3 nitrogen and oxygen atoms in total. The second kappa shape index (κ2) is 7.70. The summed E-state index contributed by atoms with van der Waals surface area (Å²) in [6.07, 6.45) is 8.21. The van der Waals surface area contributed by atoms with E-state index in [1.807, 2.05) is 13.8 Å². The Morgan fingerprint density at radius 1 is 1.24 bits per heavy atom. The molecule has 1 aliphatic rings. The van der Waals surface area contributed by atoms with E-state index in [9.17, 15) is 9.90 Å². The third kappa shape index (κ3) is 5.53. The third-order valence-corrected chi connectivity index (χ3v) is 3.80. The quantitative estimate of drug-likeness (QED) is 0.726. The summed E-state index contributed by atoms with van der Waals surface area (Å²) in [5.74, 6) is 0.965. The SMILES string of the molecule is CC(C)[C@@H](CO)NC(=O)CC1CCCCCC1. The number of aliphatic hydroxyl groups is 1. The maximum atomic E-state index is 11.9. The van der Waals surface area contributed by atoms with Gasteiger partial charge in [0.05, 0.1) is 12.6 Å². The van der Waals surface area contributed by atoms with Crippen LogP contribution in [0.1, 0.15) is 58.8 Å². The molecule has 1 saturated carbocycles. The molecule has 0 spiro atoms. The van der Waals surface area contributed by atoms with Crippen molar-refractivity contribution >= 4 is 5.91 Å². The van der Waals surface area contributed by atoms with Crippen molar-refractivity contribution in [3.05, 3.63) is 0 Å². The van der Waals surface area contributed by atoms with Crippen LogP contribution in [-0.2, 0) is 4.79 Å². The largest absolute Gasteiger partial charge is 0.394 e. The number of hydrogen-bond acceptors (Lipinski definition) is 2. The van der Waals surface area contributed by atoms with Crippen LogP contribution in [0.25, 0.3) is 0 Å². The van der Waals surface area contributed by atoms with E-state index < -0.39 is 0 Å². The third-order valence-electron chi connectivity index (χ3n) is 3.80. The maximum Gasteiger partial charge on any atom is 0.220 e. The highest BCUT2D eigenvalue weighted by Crippen LogP contribution is 2.25. The lowest BCUT2D eigenvalue weighted by atomic mass is 9.95. The van der Waals surface area contributed by atoms with Crippen molar-refractivity contribution < 1.29 is 9.90 Å². The Hall–Kier alpha value is -0.570. The minimum Gasteiger partial charge on any atom is -0.394 e. The van der Waals surface area contributed by atoms with Crippen LogP contribution >= 0.6 is 0 Å². The van der Waals surface area contributed by atoms with Gasteiger partial charge in [-0.1, -0.05) is 39.5 Å². The predicted octanol–water partition coefficient (Wildman–Crippen LogP) is 2.48. The average molecular weight is 241 g/mol.